The Morgan fingerprint density at radius 1 is 1.33 bits per heavy atom. The molecule has 0 saturated carbocycles. The van der Waals surface area contributed by atoms with Crippen molar-refractivity contribution in [3.05, 3.63) is 46.7 Å². The van der Waals surface area contributed by atoms with Crippen molar-refractivity contribution in [1.82, 2.24) is 9.55 Å². The molecule has 1 aromatic carbocycles. The Bertz CT molecular complexity index is 667. The Hall–Kier alpha value is -1.79. The summed E-state index contributed by atoms with van der Waals surface area (Å²) in [5, 5.41) is 1.17. The summed E-state index contributed by atoms with van der Waals surface area (Å²) in [4.78, 5) is 27.6. The van der Waals surface area contributed by atoms with Crippen LogP contribution in [0.15, 0.2) is 35.6 Å². The number of carbonyl (C=O) groups is 2. The van der Waals surface area contributed by atoms with Gasteiger partial charge < -0.3 is 9.30 Å². The molecule has 2 aromatic rings. The average Bonchev–Trinajstić information content (AvgIpc) is 2.86. The topological polar surface area (TPSA) is 61.2 Å². The van der Waals surface area contributed by atoms with Gasteiger partial charge in [-0.2, -0.15) is 0 Å². The van der Waals surface area contributed by atoms with Crippen LogP contribution in [-0.2, 0) is 11.8 Å². The summed E-state index contributed by atoms with van der Waals surface area (Å²) in [5.74, 6) is -0.257. The number of esters is 1. The van der Waals surface area contributed by atoms with Crippen LogP contribution in [0.4, 0.5) is 0 Å². The third kappa shape index (κ3) is 3.65. The third-order valence-corrected chi connectivity index (χ3v) is 4.13. The summed E-state index contributed by atoms with van der Waals surface area (Å²) < 4.78 is 6.25. The van der Waals surface area contributed by atoms with Crippen LogP contribution in [0.25, 0.3) is 0 Å². The SMILES string of the molecule is COC(=O)c1cnc(SCC(=O)c2ccc(Cl)cc2)n1C. The van der Waals surface area contributed by atoms with Crippen molar-refractivity contribution in [2.45, 2.75) is 5.16 Å². The lowest BCUT2D eigenvalue weighted by Gasteiger charge is -2.04. The molecule has 5 nitrogen and oxygen atoms in total. The first-order valence-electron chi connectivity index (χ1n) is 6.04. The van der Waals surface area contributed by atoms with Crippen LogP contribution in [0.2, 0.25) is 5.02 Å². The normalized spacial score (nSPS) is 10.4. The van der Waals surface area contributed by atoms with E-state index in [2.05, 4.69) is 9.72 Å². The van der Waals surface area contributed by atoms with E-state index in [1.54, 1.807) is 35.9 Å². The molecule has 0 spiro atoms. The molecule has 1 aromatic heterocycles. The zero-order valence-corrected chi connectivity index (χ0v) is 13.1. The van der Waals surface area contributed by atoms with Crippen molar-refractivity contribution < 1.29 is 14.3 Å². The van der Waals surface area contributed by atoms with Crippen LogP contribution < -0.4 is 0 Å². The quantitative estimate of drug-likeness (QED) is 0.481. The first-order valence-corrected chi connectivity index (χ1v) is 7.41. The fourth-order valence-corrected chi connectivity index (χ4v) is 2.64. The molecule has 0 radical (unpaired) electrons. The van der Waals surface area contributed by atoms with Gasteiger partial charge >= 0.3 is 5.97 Å². The van der Waals surface area contributed by atoms with Gasteiger partial charge in [0.05, 0.1) is 19.1 Å². The number of benzene rings is 1. The highest BCUT2D eigenvalue weighted by Crippen LogP contribution is 2.19. The molecule has 0 atom stereocenters. The fraction of sp³-hybridized carbons (Fsp3) is 0.214. The van der Waals surface area contributed by atoms with Crippen molar-refractivity contribution >= 4 is 35.1 Å². The summed E-state index contributed by atoms with van der Waals surface area (Å²) in [6.07, 6.45) is 1.43. The number of ketones is 1. The maximum Gasteiger partial charge on any atom is 0.356 e. The van der Waals surface area contributed by atoms with E-state index < -0.39 is 5.97 Å². The maximum absolute atomic E-state index is 12.0. The number of ether oxygens (including phenoxy) is 1. The summed E-state index contributed by atoms with van der Waals surface area (Å²) in [5.41, 5.74) is 0.938. The lowest BCUT2D eigenvalue weighted by Crippen LogP contribution is -2.08. The molecule has 0 unspecified atom stereocenters. The van der Waals surface area contributed by atoms with Gasteiger partial charge in [-0.25, -0.2) is 9.78 Å². The molecular formula is C14H13ClN2O3S. The van der Waals surface area contributed by atoms with Crippen molar-refractivity contribution in [2.75, 3.05) is 12.9 Å². The number of hydrogen-bond acceptors (Lipinski definition) is 5. The molecule has 7 heteroatoms. The minimum atomic E-state index is -0.458. The Kier molecular flexibility index (Phi) is 5.03. The van der Waals surface area contributed by atoms with Gasteiger partial charge in [0.1, 0.15) is 5.69 Å². The first-order chi connectivity index (χ1) is 10.0. The Balaban J connectivity index is 2.03. The lowest BCUT2D eigenvalue weighted by molar-refractivity contribution is 0.0589. The van der Waals surface area contributed by atoms with Gasteiger partial charge in [-0.3, -0.25) is 4.79 Å². The zero-order chi connectivity index (χ0) is 15.4. The number of imidazole rings is 1. The number of methoxy groups -OCH3 is 1. The molecule has 2 rings (SSSR count). The predicted molar refractivity (Wildman–Crippen MR) is 81.1 cm³/mol. The first kappa shape index (κ1) is 15.6. The summed E-state index contributed by atoms with van der Waals surface area (Å²) >= 11 is 7.05. The van der Waals surface area contributed by atoms with Gasteiger partial charge in [0.25, 0.3) is 0 Å². The highest BCUT2D eigenvalue weighted by Gasteiger charge is 2.15. The van der Waals surface area contributed by atoms with E-state index in [0.717, 1.165) is 0 Å². The predicted octanol–water partition coefficient (Wildman–Crippen LogP) is 2.84. The fourth-order valence-electron chi connectivity index (χ4n) is 1.67. The summed E-state index contributed by atoms with van der Waals surface area (Å²) in [6, 6.07) is 6.72. The number of rotatable bonds is 5. The minimum absolute atomic E-state index is 0.0284. The number of halogens is 1. The van der Waals surface area contributed by atoms with E-state index in [1.807, 2.05) is 0 Å². The molecule has 0 saturated heterocycles. The standard InChI is InChI=1S/C14H13ClN2O3S/c1-17-11(13(19)20-2)7-16-14(17)21-8-12(18)9-3-5-10(15)6-4-9/h3-7H,8H2,1-2H3. The molecule has 0 aliphatic rings. The van der Waals surface area contributed by atoms with Crippen LogP contribution in [0.3, 0.4) is 0 Å². The molecule has 0 N–H and O–H groups in total. The van der Waals surface area contributed by atoms with E-state index in [9.17, 15) is 9.59 Å². The molecule has 0 aliphatic heterocycles. The Morgan fingerprint density at radius 2 is 2.00 bits per heavy atom. The molecule has 21 heavy (non-hydrogen) atoms. The van der Waals surface area contributed by atoms with Gasteiger partial charge in [-0.15, -0.1) is 0 Å². The molecule has 0 fully saturated rings. The lowest BCUT2D eigenvalue weighted by atomic mass is 10.1. The van der Waals surface area contributed by atoms with Gasteiger partial charge in [0.15, 0.2) is 10.9 Å². The van der Waals surface area contributed by atoms with Crippen molar-refractivity contribution in [1.29, 1.82) is 0 Å². The van der Waals surface area contributed by atoms with Crippen LogP contribution in [0.5, 0.6) is 0 Å². The van der Waals surface area contributed by atoms with Gasteiger partial charge in [-0.05, 0) is 24.3 Å². The van der Waals surface area contributed by atoms with Gasteiger partial charge in [-0.1, -0.05) is 23.4 Å². The second-order valence-electron chi connectivity index (χ2n) is 4.20. The van der Waals surface area contributed by atoms with Crippen molar-refractivity contribution in [2.24, 2.45) is 7.05 Å². The molecule has 0 aliphatic carbocycles. The summed E-state index contributed by atoms with van der Waals surface area (Å²) in [7, 11) is 3.01. The minimum Gasteiger partial charge on any atom is -0.464 e. The van der Waals surface area contributed by atoms with Crippen LogP contribution in [0, 0.1) is 0 Å². The van der Waals surface area contributed by atoms with Crippen LogP contribution in [-0.4, -0.2) is 34.2 Å². The van der Waals surface area contributed by atoms with E-state index >= 15 is 0 Å². The van der Waals surface area contributed by atoms with Crippen molar-refractivity contribution in [3.8, 4) is 0 Å². The molecule has 0 bridgehead atoms. The smallest absolute Gasteiger partial charge is 0.356 e. The molecule has 110 valence electrons. The largest absolute Gasteiger partial charge is 0.464 e. The monoisotopic (exact) mass is 324 g/mol. The maximum atomic E-state index is 12.0. The number of nitrogens with zero attached hydrogens (tertiary/aromatic N) is 2. The van der Waals surface area contributed by atoms with Gasteiger partial charge in [0, 0.05) is 17.6 Å². The van der Waals surface area contributed by atoms with E-state index in [1.165, 1.54) is 25.1 Å². The molecule has 1 heterocycles. The average molecular weight is 325 g/mol. The number of Topliss-reactive ketones (excluding diaryl/α,β-unsaturated/α-hetero) is 1. The zero-order valence-electron chi connectivity index (χ0n) is 11.5. The number of hydrogen-bond donors (Lipinski definition) is 0. The Morgan fingerprint density at radius 3 is 2.62 bits per heavy atom. The summed E-state index contributed by atoms with van der Waals surface area (Å²) in [6.45, 7) is 0. The van der Waals surface area contributed by atoms with E-state index in [0.29, 0.717) is 21.4 Å². The number of thioether (sulfide) groups is 1. The van der Waals surface area contributed by atoms with E-state index in [4.69, 9.17) is 11.6 Å². The third-order valence-electron chi connectivity index (χ3n) is 2.84. The number of carbonyl (C=O) groups excluding carboxylic acids is 2. The Labute approximate surface area is 131 Å². The highest BCUT2D eigenvalue weighted by atomic mass is 35.5. The second kappa shape index (κ2) is 6.78. The highest BCUT2D eigenvalue weighted by molar-refractivity contribution is 7.99. The van der Waals surface area contributed by atoms with Crippen LogP contribution in [0.1, 0.15) is 20.8 Å². The van der Waals surface area contributed by atoms with Crippen molar-refractivity contribution in [3.63, 3.8) is 0 Å². The number of aromatic nitrogens is 2. The molecule has 0 amide bonds. The van der Waals surface area contributed by atoms with Gasteiger partial charge in [0.2, 0.25) is 0 Å². The van der Waals surface area contributed by atoms with E-state index in [-0.39, 0.29) is 11.5 Å². The van der Waals surface area contributed by atoms with Crippen LogP contribution >= 0.6 is 23.4 Å². The second-order valence-corrected chi connectivity index (χ2v) is 5.57. The molecular weight excluding hydrogens is 312 g/mol.